The van der Waals surface area contributed by atoms with Crippen molar-refractivity contribution in [3.8, 4) is 5.75 Å². The first-order valence-electron chi connectivity index (χ1n) is 8.77. The van der Waals surface area contributed by atoms with Gasteiger partial charge in [-0.1, -0.05) is 44.2 Å². The van der Waals surface area contributed by atoms with Gasteiger partial charge >= 0.3 is 0 Å². The number of pyridine rings is 1. The van der Waals surface area contributed by atoms with E-state index in [2.05, 4.69) is 23.7 Å². The SMILES string of the molecule is CCN(CC)C(c1ccc(C(N)=O)cc1)c1ccc2cccnc2c1O. The predicted molar refractivity (Wildman–Crippen MR) is 103 cm³/mol. The number of hydrogen-bond donors (Lipinski definition) is 2. The van der Waals surface area contributed by atoms with Gasteiger partial charge < -0.3 is 10.8 Å². The summed E-state index contributed by atoms with van der Waals surface area (Å²) >= 11 is 0. The highest BCUT2D eigenvalue weighted by atomic mass is 16.3. The minimum atomic E-state index is -0.450. The predicted octanol–water partition coefficient (Wildman–Crippen LogP) is 3.47. The Morgan fingerprint density at radius 3 is 2.42 bits per heavy atom. The van der Waals surface area contributed by atoms with Crippen molar-refractivity contribution in [3.63, 3.8) is 0 Å². The molecule has 3 rings (SSSR count). The molecular weight excluding hydrogens is 326 g/mol. The van der Waals surface area contributed by atoms with Crippen LogP contribution in [0.15, 0.2) is 54.7 Å². The van der Waals surface area contributed by atoms with Crippen LogP contribution in [0.4, 0.5) is 0 Å². The number of hydrogen-bond acceptors (Lipinski definition) is 4. The summed E-state index contributed by atoms with van der Waals surface area (Å²) in [4.78, 5) is 18.0. The number of carbonyl (C=O) groups excluding carboxylic acids is 1. The highest BCUT2D eigenvalue weighted by Crippen LogP contribution is 2.37. The fourth-order valence-electron chi connectivity index (χ4n) is 3.37. The molecule has 1 unspecified atom stereocenters. The number of benzene rings is 2. The minimum Gasteiger partial charge on any atom is -0.505 e. The van der Waals surface area contributed by atoms with Crippen LogP contribution in [0, 0.1) is 0 Å². The van der Waals surface area contributed by atoms with E-state index in [1.165, 1.54) is 0 Å². The number of phenolic OH excluding ortho intramolecular Hbond substituents is 1. The van der Waals surface area contributed by atoms with Crippen LogP contribution in [-0.4, -0.2) is 34.0 Å². The molecule has 2 aromatic carbocycles. The average molecular weight is 349 g/mol. The molecule has 5 nitrogen and oxygen atoms in total. The molecule has 0 saturated carbocycles. The van der Waals surface area contributed by atoms with E-state index in [0.717, 1.165) is 29.6 Å². The van der Waals surface area contributed by atoms with Gasteiger partial charge in [0.1, 0.15) is 11.3 Å². The first kappa shape index (κ1) is 17.9. The number of fused-ring (bicyclic) bond motifs is 1. The van der Waals surface area contributed by atoms with Crippen molar-refractivity contribution in [3.05, 3.63) is 71.4 Å². The molecule has 0 aliphatic heterocycles. The van der Waals surface area contributed by atoms with E-state index in [4.69, 9.17) is 5.73 Å². The number of aromatic hydroxyl groups is 1. The lowest BCUT2D eigenvalue weighted by Gasteiger charge is -2.31. The third-order valence-electron chi connectivity index (χ3n) is 4.76. The average Bonchev–Trinajstić information content (AvgIpc) is 2.67. The molecule has 0 saturated heterocycles. The third-order valence-corrected chi connectivity index (χ3v) is 4.76. The molecule has 0 aliphatic rings. The second-order valence-electron chi connectivity index (χ2n) is 6.19. The standard InChI is InChI=1S/C21H23N3O2/c1-3-24(4-2)19(15-7-9-16(10-8-15)21(22)26)17-12-11-14-6-5-13-23-18(14)20(17)25/h5-13,19,25H,3-4H2,1-2H3,(H2,22,26). The number of phenols is 1. The van der Waals surface area contributed by atoms with Crippen LogP contribution in [0.3, 0.4) is 0 Å². The summed E-state index contributed by atoms with van der Waals surface area (Å²) < 4.78 is 0. The normalized spacial score (nSPS) is 12.4. The van der Waals surface area contributed by atoms with Crippen LogP contribution in [0.25, 0.3) is 10.9 Å². The molecule has 26 heavy (non-hydrogen) atoms. The summed E-state index contributed by atoms with van der Waals surface area (Å²) in [6.07, 6.45) is 1.68. The van der Waals surface area contributed by atoms with E-state index in [0.29, 0.717) is 11.1 Å². The summed E-state index contributed by atoms with van der Waals surface area (Å²) in [5, 5.41) is 11.8. The van der Waals surface area contributed by atoms with Crippen molar-refractivity contribution in [1.29, 1.82) is 0 Å². The van der Waals surface area contributed by atoms with E-state index < -0.39 is 5.91 Å². The third kappa shape index (κ3) is 3.26. The lowest BCUT2D eigenvalue weighted by molar-refractivity contribution is 0.1000. The molecule has 134 valence electrons. The molecule has 0 spiro atoms. The number of carbonyl (C=O) groups is 1. The van der Waals surface area contributed by atoms with Gasteiger partial charge in [0.25, 0.3) is 0 Å². The van der Waals surface area contributed by atoms with E-state index in [9.17, 15) is 9.90 Å². The highest BCUT2D eigenvalue weighted by Gasteiger charge is 2.24. The Morgan fingerprint density at radius 2 is 1.81 bits per heavy atom. The van der Waals surface area contributed by atoms with Gasteiger partial charge in [0, 0.05) is 22.7 Å². The number of nitrogens with zero attached hydrogens (tertiary/aromatic N) is 2. The Bertz CT molecular complexity index is 918. The molecule has 3 N–H and O–H groups in total. The Hall–Kier alpha value is -2.92. The maximum Gasteiger partial charge on any atom is 0.248 e. The minimum absolute atomic E-state index is 0.140. The zero-order valence-corrected chi connectivity index (χ0v) is 15.0. The fraction of sp³-hybridized carbons (Fsp3) is 0.238. The fourth-order valence-corrected chi connectivity index (χ4v) is 3.37. The molecule has 0 fully saturated rings. The van der Waals surface area contributed by atoms with Gasteiger partial charge in [-0.15, -0.1) is 0 Å². The molecule has 1 amide bonds. The van der Waals surface area contributed by atoms with Gasteiger partial charge in [0.2, 0.25) is 5.91 Å². The Balaban J connectivity index is 2.15. The van der Waals surface area contributed by atoms with Crippen LogP contribution in [0.2, 0.25) is 0 Å². The molecule has 3 aromatic rings. The summed E-state index contributed by atoms with van der Waals surface area (Å²) in [6.45, 7) is 5.81. The zero-order valence-electron chi connectivity index (χ0n) is 15.0. The lowest BCUT2D eigenvalue weighted by Crippen LogP contribution is -2.29. The summed E-state index contributed by atoms with van der Waals surface area (Å²) in [5.41, 5.74) is 8.20. The Morgan fingerprint density at radius 1 is 1.12 bits per heavy atom. The van der Waals surface area contributed by atoms with Crippen molar-refractivity contribution in [2.75, 3.05) is 13.1 Å². The van der Waals surface area contributed by atoms with Crippen LogP contribution < -0.4 is 5.73 Å². The van der Waals surface area contributed by atoms with E-state index >= 15 is 0 Å². The van der Waals surface area contributed by atoms with Crippen LogP contribution in [-0.2, 0) is 0 Å². The van der Waals surface area contributed by atoms with Gasteiger partial charge in [-0.3, -0.25) is 14.7 Å². The monoisotopic (exact) mass is 349 g/mol. The lowest BCUT2D eigenvalue weighted by atomic mass is 9.94. The molecule has 5 heteroatoms. The van der Waals surface area contributed by atoms with Gasteiger partial charge in [0.15, 0.2) is 0 Å². The van der Waals surface area contributed by atoms with Crippen molar-refractivity contribution in [1.82, 2.24) is 9.88 Å². The summed E-state index contributed by atoms with van der Waals surface area (Å²) in [5.74, 6) is -0.257. The van der Waals surface area contributed by atoms with E-state index in [1.807, 2.05) is 36.4 Å². The van der Waals surface area contributed by atoms with Crippen LogP contribution in [0.1, 0.15) is 41.4 Å². The van der Waals surface area contributed by atoms with Gasteiger partial charge in [-0.2, -0.15) is 0 Å². The zero-order chi connectivity index (χ0) is 18.7. The van der Waals surface area contributed by atoms with E-state index in [-0.39, 0.29) is 11.8 Å². The first-order valence-corrected chi connectivity index (χ1v) is 8.77. The van der Waals surface area contributed by atoms with Crippen molar-refractivity contribution in [2.45, 2.75) is 19.9 Å². The van der Waals surface area contributed by atoms with Gasteiger partial charge in [0.05, 0.1) is 6.04 Å². The highest BCUT2D eigenvalue weighted by molar-refractivity contribution is 5.92. The number of primary amides is 1. The van der Waals surface area contributed by atoms with Crippen LogP contribution >= 0.6 is 0 Å². The molecular formula is C21H23N3O2. The van der Waals surface area contributed by atoms with Crippen LogP contribution in [0.5, 0.6) is 5.75 Å². The first-order chi connectivity index (χ1) is 12.6. The number of nitrogens with two attached hydrogens (primary N) is 1. The number of rotatable bonds is 6. The van der Waals surface area contributed by atoms with Gasteiger partial charge in [-0.25, -0.2) is 0 Å². The maximum absolute atomic E-state index is 11.4. The maximum atomic E-state index is 11.4. The Labute approximate surface area is 153 Å². The van der Waals surface area contributed by atoms with Crippen molar-refractivity contribution in [2.24, 2.45) is 5.73 Å². The quantitative estimate of drug-likeness (QED) is 0.714. The van der Waals surface area contributed by atoms with E-state index in [1.54, 1.807) is 18.3 Å². The van der Waals surface area contributed by atoms with Gasteiger partial charge in [-0.05, 0) is 36.9 Å². The van der Waals surface area contributed by atoms with Crippen molar-refractivity contribution >= 4 is 16.8 Å². The smallest absolute Gasteiger partial charge is 0.248 e. The molecule has 1 aromatic heterocycles. The second kappa shape index (κ2) is 7.54. The molecule has 0 bridgehead atoms. The summed E-state index contributed by atoms with van der Waals surface area (Å²) in [7, 11) is 0. The second-order valence-corrected chi connectivity index (χ2v) is 6.19. The topological polar surface area (TPSA) is 79.5 Å². The summed E-state index contributed by atoms with van der Waals surface area (Å²) in [6, 6.07) is 14.8. The molecule has 0 aliphatic carbocycles. The number of amides is 1. The molecule has 0 radical (unpaired) electrons. The molecule has 1 atom stereocenters. The number of aromatic nitrogens is 1. The largest absolute Gasteiger partial charge is 0.505 e. The van der Waals surface area contributed by atoms with Crippen molar-refractivity contribution < 1.29 is 9.90 Å². The molecule has 1 heterocycles. The Kier molecular flexibility index (Phi) is 5.19.